The second-order valence-corrected chi connectivity index (χ2v) is 9.74. The third kappa shape index (κ3) is 5.83. The third-order valence-electron chi connectivity index (χ3n) is 6.12. The van der Waals surface area contributed by atoms with E-state index in [1.165, 1.54) is 11.3 Å². The Morgan fingerprint density at radius 2 is 2.11 bits per heavy atom. The summed E-state index contributed by atoms with van der Waals surface area (Å²) in [5, 5.41) is 16.2. The molecule has 0 spiro atoms. The lowest BCUT2D eigenvalue weighted by Gasteiger charge is -2.27. The van der Waals surface area contributed by atoms with Gasteiger partial charge >= 0.3 is 6.03 Å². The molecule has 9 heteroatoms. The number of anilines is 1. The third-order valence-corrected chi connectivity index (χ3v) is 7.25. The molecule has 8 nitrogen and oxygen atoms in total. The van der Waals surface area contributed by atoms with Crippen LogP contribution in [-0.2, 0) is 24.3 Å². The summed E-state index contributed by atoms with van der Waals surface area (Å²) in [5.74, 6) is 0.577. The summed E-state index contributed by atoms with van der Waals surface area (Å²) in [6.07, 6.45) is 4.25. The van der Waals surface area contributed by atoms with Crippen LogP contribution < -0.4 is 15.4 Å². The van der Waals surface area contributed by atoms with Gasteiger partial charge in [-0.2, -0.15) is 5.26 Å². The largest absolute Gasteiger partial charge is 0.494 e. The summed E-state index contributed by atoms with van der Waals surface area (Å²) in [6.45, 7) is 5.79. The molecule has 3 aromatic rings. The highest BCUT2D eigenvalue weighted by molar-refractivity contribution is 7.16. The molecule has 0 fully saturated rings. The van der Waals surface area contributed by atoms with E-state index in [2.05, 4.69) is 21.7 Å². The van der Waals surface area contributed by atoms with E-state index in [-0.39, 0.29) is 24.3 Å². The van der Waals surface area contributed by atoms with E-state index < -0.39 is 0 Å². The van der Waals surface area contributed by atoms with Gasteiger partial charge in [-0.3, -0.25) is 9.78 Å². The number of carbonyl (C=O) groups is 2. The summed E-state index contributed by atoms with van der Waals surface area (Å²) in [4.78, 5) is 32.3. The van der Waals surface area contributed by atoms with Crippen molar-refractivity contribution in [2.45, 2.75) is 45.7 Å². The van der Waals surface area contributed by atoms with Crippen molar-refractivity contribution in [3.05, 3.63) is 75.9 Å². The molecule has 3 amide bonds. The highest BCUT2D eigenvalue weighted by atomic mass is 32.1. The number of fused-ring (bicyclic) bond motifs is 1. The zero-order valence-corrected chi connectivity index (χ0v) is 21.2. The first-order valence-electron chi connectivity index (χ1n) is 12.0. The van der Waals surface area contributed by atoms with Crippen molar-refractivity contribution in [1.29, 1.82) is 5.26 Å². The summed E-state index contributed by atoms with van der Waals surface area (Å²) in [5.41, 5.74) is 3.33. The average Bonchev–Trinajstić information content (AvgIpc) is 3.24. The number of rotatable bonds is 8. The number of para-hydroxylation sites is 1. The van der Waals surface area contributed by atoms with Crippen LogP contribution in [0.3, 0.4) is 0 Å². The SMILES string of the molecule is CCOc1ccccc1[C@@H](C)CC(=O)Nc1sc2c(c1C#N)CCN(C(=O)NCc1cccnc1)C2. The second-order valence-electron chi connectivity index (χ2n) is 8.64. The van der Waals surface area contributed by atoms with Gasteiger partial charge in [-0.05, 0) is 48.1 Å². The highest BCUT2D eigenvalue weighted by Crippen LogP contribution is 2.37. The fourth-order valence-electron chi connectivity index (χ4n) is 4.32. The molecule has 4 rings (SSSR count). The van der Waals surface area contributed by atoms with Gasteiger partial charge in [0.1, 0.15) is 16.8 Å². The van der Waals surface area contributed by atoms with Crippen LogP contribution in [0.15, 0.2) is 48.8 Å². The molecule has 2 N–H and O–H groups in total. The van der Waals surface area contributed by atoms with E-state index in [4.69, 9.17) is 4.74 Å². The number of ether oxygens (including phenoxy) is 1. The predicted molar refractivity (Wildman–Crippen MR) is 139 cm³/mol. The zero-order chi connectivity index (χ0) is 25.5. The fraction of sp³-hybridized carbons (Fsp3) is 0.333. The molecule has 186 valence electrons. The first kappa shape index (κ1) is 25.2. The van der Waals surface area contributed by atoms with Crippen LogP contribution >= 0.6 is 11.3 Å². The van der Waals surface area contributed by atoms with E-state index in [9.17, 15) is 14.9 Å². The Balaban J connectivity index is 1.40. The predicted octanol–water partition coefficient (Wildman–Crippen LogP) is 4.81. The number of nitriles is 1. The van der Waals surface area contributed by atoms with Gasteiger partial charge in [0.05, 0.1) is 18.7 Å². The van der Waals surface area contributed by atoms with Gasteiger partial charge in [-0.15, -0.1) is 11.3 Å². The normalized spacial score (nSPS) is 13.3. The lowest BCUT2D eigenvalue weighted by atomic mass is 9.96. The summed E-state index contributed by atoms with van der Waals surface area (Å²) in [6, 6.07) is 13.6. The van der Waals surface area contributed by atoms with Crippen molar-refractivity contribution in [3.63, 3.8) is 0 Å². The van der Waals surface area contributed by atoms with Gasteiger partial charge in [-0.1, -0.05) is 31.2 Å². The number of hydrogen-bond donors (Lipinski definition) is 2. The standard InChI is InChI=1S/C27H29N5O3S/c1-3-35-23-9-5-4-8-20(23)18(2)13-25(33)31-26-22(14-28)21-10-12-32(17-24(21)36-26)27(34)30-16-19-7-6-11-29-15-19/h4-9,11,15,18H,3,10,12-13,16-17H2,1-2H3,(H,30,34)(H,31,33)/t18-/m0/s1. The summed E-state index contributed by atoms with van der Waals surface area (Å²) < 4.78 is 5.71. The van der Waals surface area contributed by atoms with Crippen molar-refractivity contribution in [1.82, 2.24) is 15.2 Å². The number of carbonyl (C=O) groups excluding carboxylic acids is 2. The molecule has 3 heterocycles. The van der Waals surface area contributed by atoms with Gasteiger partial charge in [0, 0.05) is 36.8 Å². The maximum atomic E-state index is 12.9. The van der Waals surface area contributed by atoms with E-state index in [1.807, 2.05) is 50.2 Å². The molecule has 0 unspecified atom stereocenters. The van der Waals surface area contributed by atoms with E-state index >= 15 is 0 Å². The second kappa shape index (κ2) is 11.7. The number of urea groups is 1. The Kier molecular flexibility index (Phi) is 8.18. The number of benzene rings is 1. The van der Waals surface area contributed by atoms with Crippen LogP contribution in [0.1, 0.15) is 53.3 Å². The molecule has 1 aromatic carbocycles. The smallest absolute Gasteiger partial charge is 0.318 e. The van der Waals surface area contributed by atoms with E-state index in [1.54, 1.807) is 17.3 Å². The minimum absolute atomic E-state index is 0.0492. The number of thiophene rings is 1. The van der Waals surface area contributed by atoms with Crippen LogP contribution in [0.25, 0.3) is 0 Å². The Bertz CT molecular complexity index is 1270. The van der Waals surface area contributed by atoms with Crippen LogP contribution in [0.2, 0.25) is 0 Å². The van der Waals surface area contributed by atoms with Crippen LogP contribution in [0.5, 0.6) is 5.75 Å². The van der Waals surface area contributed by atoms with Crippen molar-refractivity contribution < 1.29 is 14.3 Å². The van der Waals surface area contributed by atoms with Gasteiger partial charge < -0.3 is 20.3 Å². The lowest BCUT2D eigenvalue weighted by molar-refractivity contribution is -0.116. The van der Waals surface area contributed by atoms with Crippen LogP contribution in [0.4, 0.5) is 9.80 Å². The number of amides is 3. The molecule has 36 heavy (non-hydrogen) atoms. The highest BCUT2D eigenvalue weighted by Gasteiger charge is 2.28. The van der Waals surface area contributed by atoms with Crippen molar-refractivity contribution in [2.24, 2.45) is 0 Å². The molecule has 0 radical (unpaired) electrons. The number of nitrogens with one attached hydrogen (secondary N) is 2. The molecular formula is C27H29N5O3S. The molecule has 1 aliphatic rings. The molecule has 0 aliphatic carbocycles. The fourth-order valence-corrected chi connectivity index (χ4v) is 5.55. The molecule has 2 aromatic heterocycles. The number of pyridine rings is 1. The van der Waals surface area contributed by atoms with Gasteiger partial charge in [0.15, 0.2) is 0 Å². The van der Waals surface area contributed by atoms with E-state index in [0.29, 0.717) is 43.2 Å². The Morgan fingerprint density at radius 3 is 2.86 bits per heavy atom. The van der Waals surface area contributed by atoms with Crippen LogP contribution in [-0.4, -0.2) is 35.0 Å². The van der Waals surface area contributed by atoms with Gasteiger partial charge in [0.25, 0.3) is 0 Å². The molecular weight excluding hydrogens is 474 g/mol. The van der Waals surface area contributed by atoms with Gasteiger partial charge in [-0.25, -0.2) is 4.79 Å². The van der Waals surface area contributed by atoms with E-state index in [0.717, 1.165) is 27.3 Å². The topological polar surface area (TPSA) is 107 Å². The monoisotopic (exact) mass is 503 g/mol. The quantitative estimate of drug-likeness (QED) is 0.459. The molecule has 1 atom stereocenters. The maximum Gasteiger partial charge on any atom is 0.318 e. The number of hydrogen-bond acceptors (Lipinski definition) is 6. The van der Waals surface area contributed by atoms with Crippen molar-refractivity contribution >= 4 is 28.3 Å². The molecule has 0 saturated carbocycles. The van der Waals surface area contributed by atoms with Gasteiger partial charge in [0.2, 0.25) is 5.91 Å². The first-order chi connectivity index (χ1) is 17.5. The molecule has 0 bridgehead atoms. The minimum Gasteiger partial charge on any atom is -0.494 e. The molecule has 1 aliphatic heterocycles. The Labute approximate surface area is 214 Å². The van der Waals surface area contributed by atoms with Crippen LogP contribution in [0, 0.1) is 11.3 Å². The maximum absolute atomic E-state index is 12.9. The lowest BCUT2D eigenvalue weighted by Crippen LogP contribution is -2.42. The zero-order valence-electron chi connectivity index (χ0n) is 20.4. The van der Waals surface area contributed by atoms with Crippen molar-refractivity contribution in [3.8, 4) is 11.8 Å². The Morgan fingerprint density at radius 1 is 1.28 bits per heavy atom. The molecule has 0 saturated heterocycles. The number of aromatic nitrogens is 1. The summed E-state index contributed by atoms with van der Waals surface area (Å²) in [7, 11) is 0. The first-order valence-corrected chi connectivity index (χ1v) is 12.8. The minimum atomic E-state index is -0.163. The van der Waals surface area contributed by atoms with Crippen molar-refractivity contribution in [2.75, 3.05) is 18.5 Å². The number of nitrogens with zero attached hydrogens (tertiary/aromatic N) is 3. The average molecular weight is 504 g/mol. The summed E-state index contributed by atoms with van der Waals surface area (Å²) >= 11 is 1.37. The Hall–Kier alpha value is -3.90.